The van der Waals surface area contributed by atoms with Crippen LogP contribution in [0.4, 0.5) is 11.5 Å². The quantitative estimate of drug-likeness (QED) is 0.266. The van der Waals surface area contributed by atoms with Crippen LogP contribution in [-0.4, -0.2) is 47.8 Å². The number of aromatic nitrogens is 3. The van der Waals surface area contributed by atoms with Crippen LogP contribution in [0.25, 0.3) is 27.8 Å². The van der Waals surface area contributed by atoms with Crippen LogP contribution in [0.1, 0.15) is 0 Å². The van der Waals surface area contributed by atoms with Gasteiger partial charge in [0.05, 0.1) is 18.2 Å². The van der Waals surface area contributed by atoms with Crippen molar-refractivity contribution in [3.63, 3.8) is 0 Å². The van der Waals surface area contributed by atoms with Crippen molar-refractivity contribution in [3.8, 4) is 22.6 Å². The van der Waals surface area contributed by atoms with E-state index in [-0.39, 0.29) is 0 Å². The second kappa shape index (κ2) is 9.66. The first-order valence-corrected chi connectivity index (χ1v) is 12.8. The number of ether oxygens (including phenoxy) is 1. The number of piperazine rings is 1. The van der Waals surface area contributed by atoms with Crippen molar-refractivity contribution in [1.82, 2.24) is 14.5 Å². The Morgan fingerprint density at radius 3 is 2.22 bits per heavy atom. The Labute approximate surface area is 218 Å². The number of halogens is 1. The molecule has 0 radical (unpaired) electrons. The minimum absolute atomic E-state index is 0.863. The van der Waals surface area contributed by atoms with Crippen LogP contribution in [-0.2, 0) is 0 Å². The van der Waals surface area contributed by atoms with Gasteiger partial charge in [-0.1, -0.05) is 58.4 Å². The maximum Gasteiger partial charge on any atom is 0.150 e. The lowest BCUT2D eigenvalue weighted by atomic mass is 10.1. The first kappa shape index (κ1) is 22.6. The normalized spacial score (nSPS) is 13.8. The number of hydrogen-bond donors (Lipinski definition) is 0. The van der Waals surface area contributed by atoms with Crippen molar-refractivity contribution in [2.24, 2.45) is 0 Å². The van der Waals surface area contributed by atoms with Gasteiger partial charge in [-0.15, -0.1) is 0 Å². The van der Waals surface area contributed by atoms with Gasteiger partial charge in [0.2, 0.25) is 0 Å². The van der Waals surface area contributed by atoms with Crippen LogP contribution in [0.5, 0.6) is 5.75 Å². The second-order valence-corrected chi connectivity index (χ2v) is 9.71. The van der Waals surface area contributed by atoms with E-state index in [4.69, 9.17) is 14.7 Å². The zero-order chi connectivity index (χ0) is 24.5. The third-order valence-electron chi connectivity index (χ3n) is 6.76. The molecule has 1 aliphatic rings. The van der Waals surface area contributed by atoms with E-state index in [0.717, 1.165) is 75.8 Å². The molecule has 1 fully saturated rings. The summed E-state index contributed by atoms with van der Waals surface area (Å²) in [7, 11) is 1.73. The summed E-state index contributed by atoms with van der Waals surface area (Å²) in [6, 6.07) is 27.0. The molecule has 3 heterocycles. The smallest absolute Gasteiger partial charge is 0.150 e. The van der Waals surface area contributed by atoms with Gasteiger partial charge in [0.1, 0.15) is 17.9 Å². The topological polar surface area (TPSA) is 46.4 Å². The Morgan fingerprint density at radius 2 is 1.47 bits per heavy atom. The molecule has 7 heteroatoms. The first-order valence-electron chi connectivity index (χ1n) is 12.0. The highest BCUT2D eigenvalue weighted by atomic mass is 79.9. The van der Waals surface area contributed by atoms with Crippen molar-refractivity contribution < 1.29 is 4.74 Å². The van der Waals surface area contributed by atoms with Gasteiger partial charge in [0.25, 0.3) is 0 Å². The van der Waals surface area contributed by atoms with Crippen molar-refractivity contribution in [3.05, 3.63) is 95.9 Å². The summed E-state index contributed by atoms with van der Waals surface area (Å²) in [5.41, 5.74) is 5.40. The Morgan fingerprint density at radius 1 is 0.778 bits per heavy atom. The average Bonchev–Trinajstić information content (AvgIpc) is 3.34. The lowest BCUT2D eigenvalue weighted by molar-refractivity contribution is 0.413. The molecule has 3 aromatic carbocycles. The summed E-state index contributed by atoms with van der Waals surface area (Å²) >= 11 is 3.55. The number of rotatable bonds is 5. The molecule has 0 atom stereocenters. The second-order valence-electron chi connectivity index (χ2n) is 8.80. The monoisotopic (exact) mass is 539 g/mol. The summed E-state index contributed by atoms with van der Waals surface area (Å²) in [4.78, 5) is 14.3. The van der Waals surface area contributed by atoms with Gasteiger partial charge in [-0.2, -0.15) is 0 Å². The summed E-state index contributed by atoms with van der Waals surface area (Å²) < 4.78 is 8.82. The molecule has 0 saturated carbocycles. The van der Waals surface area contributed by atoms with E-state index >= 15 is 0 Å². The van der Waals surface area contributed by atoms with Crippen LogP contribution in [0.15, 0.2) is 95.9 Å². The highest BCUT2D eigenvalue weighted by Gasteiger charge is 2.25. The Kier molecular flexibility index (Phi) is 6.07. The lowest BCUT2D eigenvalue weighted by Gasteiger charge is -2.37. The fraction of sp³-hybridized carbons (Fsp3) is 0.172. The number of nitrogens with zero attached hydrogens (tertiary/aromatic N) is 5. The zero-order valence-electron chi connectivity index (χ0n) is 20.0. The van der Waals surface area contributed by atoms with Crippen molar-refractivity contribution in [2.75, 3.05) is 43.1 Å². The Hall–Kier alpha value is -3.84. The SMILES string of the molecule is COc1ccccc1N1CCN(c2ncnc3c2c(-c2ccccc2)cn3-c2ccc(Br)cc2)CC1. The molecule has 0 amide bonds. The summed E-state index contributed by atoms with van der Waals surface area (Å²) in [6.45, 7) is 3.50. The molecule has 0 aliphatic carbocycles. The number of methoxy groups -OCH3 is 1. The molecule has 180 valence electrons. The molecule has 2 aromatic heterocycles. The maximum absolute atomic E-state index is 5.60. The number of hydrogen-bond acceptors (Lipinski definition) is 5. The molecule has 0 unspecified atom stereocenters. The average molecular weight is 540 g/mol. The molecule has 1 saturated heterocycles. The molecule has 6 rings (SSSR count). The summed E-state index contributed by atoms with van der Waals surface area (Å²) in [5, 5.41) is 1.08. The summed E-state index contributed by atoms with van der Waals surface area (Å²) in [5.74, 6) is 1.89. The maximum atomic E-state index is 5.60. The lowest BCUT2D eigenvalue weighted by Crippen LogP contribution is -2.47. The largest absolute Gasteiger partial charge is 0.495 e. The standard InChI is InChI=1S/C29H26BrN5O/c1-36-26-10-6-5-9-25(26)33-15-17-34(18-16-33)28-27-24(21-7-3-2-4-8-21)19-35(29(27)32-20-31-28)23-13-11-22(30)12-14-23/h2-14,19-20H,15-18H2,1H3. The van der Waals surface area contributed by atoms with Crippen molar-refractivity contribution in [2.45, 2.75) is 0 Å². The third kappa shape index (κ3) is 4.09. The number of benzene rings is 3. The predicted molar refractivity (Wildman–Crippen MR) is 149 cm³/mol. The number of fused-ring (bicyclic) bond motifs is 1. The van der Waals surface area contributed by atoms with Gasteiger partial charge in [0, 0.05) is 48.1 Å². The third-order valence-corrected chi connectivity index (χ3v) is 7.29. The van der Waals surface area contributed by atoms with E-state index in [1.54, 1.807) is 13.4 Å². The fourth-order valence-electron chi connectivity index (χ4n) is 4.97. The number of para-hydroxylation sites is 2. The van der Waals surface area contributed by atoms with Crippen LogP contribution < -0.4 is 14.5 Å². The molecule has 6 nitrogen and oxygen atoms in total. The van der Waals surface area contributed by atoms with E-state index in [9.17, 15) is 0 Å². The van der Waals surface area contributed by atoms with Crippen LogP contribution in [0.2, 0.25) is 0 Å². The van der Waals surface area contributed by atoms with Gasteiger partial charge < -0.3 is 19.1 Å². The summed E-state index contributed by atoms with van der Waals surface area (Å²) in [6.07, 6.45) is 3.88. The Bertz CT molecular complexity index is 1490. The van der Waals surface area contributed by atoms with Gasteiger partial charge in [-0.25, -0.2) is 9.97 Å². The van der Waals surface area contributed by atoms with Crippen molar-refractivity contribution >= 4 is 38.5 Å². The van der Waals surface area contributed by atoms with E-state index in [1.165, 1.54) is 0 Å². The molecule has 0 spiro atoms. The number of anilines is 2. The van der Waals surface area contributed by atoms with Crippen LogP contribution >= 0.6 is 15.9 Å². The first-order chi connectivity index (χ1) is 17.7. The van der Waals surface area contributed by atoms with Gasteiger partial charge in [-0.3, -0.25) is 0 Å². The molecule has 5 aromatic rings. The minimum Gasteiger partial charge on any atom is -0.495 e. The zero-order valence-corrected chi connectivity index (χ0v) is 21.6. The van der Waals surface area contributed by atoms with Gasteiger partial charge >= 0.3 is 0 Å². The molecule has 0 bridgehead atoms. The molecular formula is C29H26BrN5O. The van der Waals surface area contributed by atoms with Crippen LogP contribution in [0.3, 0.4) is 0 Å². The fourth-order valence-corrected chi connectivity index (χ4v) is 5.24. The van der Waals surface area contributed by atoms with Crippen LogP contribution in [0, 0.1) is 0 Å². The molecule has 0 N–H and O–H groups in total. The van der Waals surface area contributed by atoms with E-state index < -0.39 is 0 Å². The van der Waals surface area contributed by atoms with E-state index in [0.29, 0.717) is 0 Å². The minimum atomic E-state index is 0.863. The predicted octanol–water partition coefficient (Wildman–Crippen LogP) is 6.19. The van der Waals surface area contributed by atoms with E-state index in [2.05, 4.69) is 97.2 Å². The van der Waals surface area contributed by atoms with E-state index in [1.807, 2.05) is 18.2 Å². The Balaban J connectivity index is 1.41. The van der Waals surface area contributed by atoms with Gasteiger partial charge in [0.15, 0.2) is 5.65 Å². The van der Waals surface area contributed by atoms with Gasteiger partial charge in [-0.05, 0) is 42.0 Å². The molecular weight excluding hydrogens is 514 g/mol. The van der Waals surface area contributed by atoms with Crippen molar-refractivity contribution in [1.29, 1.82) is 0 Å². The highest BCUT2D eigenvalue weighted by Crippen LogP contribution is 2.37. The highest BCUT2D eigenvalue weighted by molar-refractivity contribution is 9.10. The molecule has 1 aliphatic heterocycles. The molecule has 36 heavy (non-hydrogen) atoms.